The summed E-state index contributed by atoms with van der Waals surface area (Å²) in [6.07, 6.45) is 45.7. The van der Waals surface area contributed by atoms with Crippen LogP contribution in [0.4, 0.5) is 0 Å². The van der Waals surface area contributed by atoms with Gasteiger partial charge in [0.15, 0.2) is 0 Å². The van der Waals surface area contributed by atoms with Gasteiger partial charge in [-0.3, -0.25) is 4.90 Å². The molecular formula is C48H77NO2S. The third-order valence-corrected chi connectivity index (χ3v) is 21.5. The molecule has 0 N–H and O–H groups in total. The summed E-state index contributed by atoms with van der Waals surface area (Å²) in [6.45, 7) is 0. The van der Waals surface area contributed by atoms with Gasteiger partial charge >= 0.3 is 0 Å². The number of fused-ring (bicyclic) bond motifs is 10. The summed E-state index contributed by atoms with van der Waals surface area (Å²) >= 11 is 2.59. The monoisotopic (exact) mass is 732 g/mol. The van der Waals surface area contributed by atoms with Crippen LogP contribution in [-0.2, 0) is 9.47 Å². The molecule has 8 saturated carbocycles. The first-order valence-electron chi connectivity index (χ1n) is 24.5. The molecule has 8 aliphatic carbocycles. The van der Waals surface area contributed by atoms with E-state index in [1.807, 2.05) is 0 Å². The molecule has 3 aliphatic heterocycles. The van der Waals surface area contributed by atoms with E-state index in [0.29, 0.717) is 24.4 Å². The molecule has 3 heterocycles. The zero-order valence-corrected chi connectivity index (χ0v) is 34.0. The van der Waals surface area contributed by atoms with Crippen LogP contribution in [0, 0.1) is 59.2 Å². The van der Waals surface area contributed by atoms with Crippen molar-refractivity contribution in [3.63, 3.8) is 0 Å². The summed E-state index contributed by atoms with van der Waals surface area (Å²) in [5.41, 5.74) is 0. The molecule has 0 spiro atoms. The maximum Gasteiger partial charge on any atom is 0.0621 e. The van der Waals surface area contributed by atoms with E-state index in [1.54, 1.807) is 51.4 Å². The number of thioether (sulfide) groups is 1. The van der Waals surface area contributed by atoms with Crippen molar-refractivity contribution in [2.75, 3.05) is 0 Å². The first-order valence-corrected chi connectivity index (χ1v) is 25.4. The Balaban J connectivity index is 0.780. The van der Waals surface area contributed by atoms with E-state index in [9.17, 15) is 0 Å². The summed E-state index contributed by atoms with van der Waals surface area (Å²) < 4.78 is 13.7. The molecule has 14 unspecified atom stereocenters. The predicted molar refractivity (Wildman–Crippen MR) is 214 cm³/mol. The lowest BCUT2D eigenvalue weighted by atomic mass is 9.62. The van der Waals surface area contributed by atoms with Crippen LogP contribution in [0.1, 0.15) is 186 Å². The molecule has 0 bridgehead atoms. The Hall–Kier alpha value is 0.230. The van der Waals surface area contributed by atoms with Gasteiger partial charge < -0.3 is 9.47 Å². The van der Waals surface area contributed by atoms with Crippen molar-refractivity contribution in [1.29, 1.82) is 0 Å². The van der Waals surface area contributed by atoms with Gasteiger partial charge in [0.1, 0.15) is 0 Å². The maximum atomic E-state index is 6.87. The minimum absolute atomic E-state index is 0.603. The van der Waals surface area contributed by atoms with Gasteiger partial charge in [0.2, 0.25) is 0 Å². The van der Waals surface area contributed by atoms with Gasteiger partial charge in [-0.2, -0.15) is 11.8 Å². The fourth-order valence-electron chi connectivity index (χ4n) is 17.3. The molecule has 11 rings (SSSR count). The molecule has 0 aromatic heterocycles. The van der Waals surface area contributed by atoms with E-state index in [1.165, 1.54) is 135 Å². The molecule has 292 valence electrons. The van der Waals surface area contributed by atoms with Gasteiger partial charge in [0.25, 0.3) is 0 Å². The largest absolute Gasteiger partial charge is 0.374 e. The van der Waals surface area contributed by atoms with E-state index in [0.717, 1.165) is 87.8 Å². The van der Waals surface area contributed by atoms with E-state index in [4.69, 9.17) is 9.47 Å². The molecule has 0 radical (unpaired) electrons. The van der Waals surface area contributed by atoms with Crippen molar-refractivity contribution in [2.45, 2.75) is 239 Å². The smallest absolute Gasteiger partial charge is 0.0621 e. The fraction of sp³-hybridized carbons (Fsp3) is 1.00. The minimum Gasteiger partial charge on any atom is -0.374 e. The zero-order chi connectivity index (χ0) is 34.2. The van der Waals surface area contributed by atoms with Crippen molar-refractivity contribution in [3.8, 4) is 0 Å². The first kappa shape index (κ1) is 35.4. The Morgan fingerprint density at radius 3 is 1.65 bits per heavy atom. The van der Waals surface area contributed by atoms with Crippen molar-refractivity contribution in [3.05, 3.63) is 0 Å². The lowest BCUT2D eigenvalue weighted by Gasteiger charge is -2.52. The molecule has 3 nitrogen and oxygen atoms in total. The number of ether oxygens (including phenoxy) is 2. The second kappa shape index (κ2) is 15.2. The van der Waals surface area contributed by atoms with Crippen LogP contribution in [-0.4, -0.2) is 57.9 Å². The molecule has 0 aromatic rings. The molecule has 11 aliphatic rings. The van der Waals surface area contributed by atoms with Crippen LogP contribution in [0.3, 0.4) is 0 Å². The molecule has 14 atom stereocenters. The molecular weight excluding hydrogens is 655 g/mol. The third kappa shape index (κ3) is 6.37. The van der Waals surface area contributed by atoms with Crippen LogP contribution in [0.5, 0.6) is 0 Å². The van der Waals surface area contributed by atoms with Crippen molar-refractivity contribution < 1.29 is 9.47 Å². The van der Waals surface area contributed by atoms with E-state index >= 15 is 0 Å². The molecule has 0 amide bonds. The average molecular weight is 732 g/mol. The Kier molecular flexibility index (Phi) is 10.3. The molecule has 11 fully saturated rings. The predicted octanol–water partition coefficient (Wildman–Crippen LogP) is 12.0. The first-order chi connectivity index (χ1) is 25.8. The normalized spacial score (nSPS) is 53.7. The molecule has 3 saturated heterocycles. The Morgan fingerprint density at radius 1 is 0.327 bits per heavy atom. The van der Waals surface area contributed by atoms with E-state index in [2.05, 4.69) is 16.7 Å². The lowest BCUT2D eigenvalue weighted by Crippen LogP contribution is -2.54. The fourth-order valence-corrected chi connectivity index (χ4v) is 19.9. The highest BCUT2D eigenvalue weighted by Crippen LogP contribution is 2.64. The molecule has 0 aromatic carbocycles. The van der Waals surface area contributed by atoms with Gasteiger partial charge in [-0.1, -0.05) is 64.2 Å². The number of hydrogen-bond donors (Lipinski definition) is 0. The second-order valence-electron chi connectivity index (χ2n) is 21.6. The minimum atomic E-state index is 0.603. The number of rotatable bonds is 5. The number of hydrogen-bond acceptors (Lipinski definition) is 4. The number of nitrogens with zero attached hydrogens (tertiary/aromatic N) is 1. The zero-order valence-electron chi connectivity index (χ0n) is 33.1. The van der Waals surface area contributed by atoms with Crippen LogP contribution in [0.15, 0.2) is 0 Å². The molecule has 52 heavy (non-hydrogen) atoms. The van der Waals surface area contributed by atoms with Crippen molar-refractivity contribution in [1.82, 2.24) is 4.90 Å². The van der Waals surface area contributed by atoms with Crippen molar-refractivity contribution in [2.24, 2.45) is 59.2 Å². The third-order valence-electron chi connectivity index (χ3n) is 19.5. The standard InChI is InChI=1S/C48H77NO2S/c1-2-9-30(10-3-1)31-17-21-33(22-18-31)49(35-25-27-44-41(29-35)37-11-4-6-15-42(37)50-44)34-23-19-32(20-24-34)36-13-8-14-38-39-26-28-45-46(48(39)52-47(36)38)40-12-5-7-16-43(40)51-45/h30-48H,1-29H2. The van der Waals surface area contributed by atoms with Crippen LogP contribution >= 0.6 is 11.8 Å². The lowest BCUT2D eigenvalue weighted by molar-refractivity contribution is -0.0377. The van der Waals surface area contributed by atoms with Gasteiger partial charge in [-0.25, -0.2) is 0 Å². The summed E-state index contributed by atoms with van der Waals surface area (Å²) in [5.74, 6) is 9.80. The van der Waals surface area contributed by atoms with Gasteiger partial charge in [-0.05, 0) is 175 Å². The summed E-state index contributed by atoms with van der Waals surface area (Å²) in [5, 5.41) is 1.93. The quantitative estimate of drug-likeness (QED) is 0.281. The summed E-state index contributed by atoms with van der Waals surface area (Å²) in [6, 6.07) is 2.60. The second-order valence-corrected chi connectivity index (χ2v) is 22.9. The summed E-state index contributed by atoms with van der Waals surface area (Å²) in [7, 11) is 0. The average Bonchev–Trinajstić information content (AvgIpc) is 3.90. The summed E-state index contributed by atoms with van der Waals surface area (Å²) in [4.78, 5) is 3.34. The maximum absolute atomic E-state index is 6.87. The Bertz CT molecular complexity index is 1200. The van der Waals surface area contributed by atoms with E-state index < -0.39 is 0 Å². The Labute approximate surface area is 323 Å². The highest BCUT2D eigenvalue weighted by atomic mass is 32.2. The van der Waals surface area contributed by atoms with Crippen LogP contribution < -0.4 is 0 Å². The highest BCUT2D eigenvalue weighted by molar-refractivity contribution is 8.00. The topological polar surface area (TPSA) is 21.7 Å². The van der Waals surface area contributed by atoms with E-state index in [-0.39, 0.29) is 0 Å². The van der Waals surface area contributed by atoms with Gasteiger partial charge in [0, 0.05) is 34.5 Å². The SMILES string of the molecule is C1CCC(C2CCC(N(C3CCC(C4CCCC5C6CCC7OC8CCCCC8C7C6SC45)CC3)C3CCC4OC5CCCCC5C4C3)CC2)CC1. The van der Waals surface area contributed by atoms with Gasteiger partial charge in [-0.15, -0.1) is 0 Å². The molecule has 4 heteroatoms. The van der Waals surface area contributed by atoms with Gasteiger partial charge in [0.05, 0.1) is 24.4 Å². The van der Waals surface area contributed by atoms with Crippen molar-refractivity contribution >= 4 is 11.8 Å². The van der Waals surface area contributed by atoms with Crippen LogP contribution in [0.25, 0.3) is 0 Å². The Morgan fingerprint density at radius 2 is 0.865 bits per heavy atom. The highest BCUT2D eigenvalue weighted by Gasteiger charge is 2.60. The van der Waals surface area contributed by atoms with Crippen LogP contribution in [0.2, 0.25) is 0 Å².